The van der Waals surface area contributed by atoms with Gasteiger partial charge in [0.1, 0.15) is 0 Å². The summed E-state index contributed by atoms with van der Waals surface area (Å²) in [6, 6.07) is 34.4. The van der Waals surface area contributed by atoms with Gasteiger partial charge in [-0.2, -0.15) is 0 Å². The number of aromatic nitrogens is 3. The standard InChI is InChI=1S/C35H25N3S/c1-22-15-17-24(18-16-22)29-21-28(23-9-3-2-4-10-23)36-35(37-29)38-30-13-7-5-12-27(30)33-31(38)20-19-26-25-11-6-8-14-32(25)39-34(26)33/h2-15,17-22H,16H2,1H3. The van der Waals surface area contributed by atoms with Gasteiger partial charge in [-0.15, -0.1) is 11.3 Å². The second kappa shape index (κ2) is 8.75. The molecule has 3 aromatic heterocycles. The summed E-state index contributed by atoms with van der Waals surface area (Å²) in [5.74, 6) is 1.25. The summed E-state index contributed by atoms with van der Waals surface area (Å²) in [5.41, 5.74) is 6.38. The van der Waals surface area contributed by atoms with E-state index < -0.39 is 0 Å². The van der Waals surface area contributed by atoms with Crippen LogP contribution in [0.3, 0.4) is 0 Å². The number of hydrogen-bond acceptors (Lipinski definition) is 3. The molecular formula is C35H25N3S. The lowest BCUT2D eigenvalue weighted by molar-refractivity contribution is 0.738. The van der Waals surface area contributed by atoms with Gasteiger partial charge in [-0.25, -0.2) is 9.97 Å². The Labute approximate surface area is 230 Å². The molecule has 4 aromatic carbocycles. The Morgan fingerprint density at radius 1 is 0.744 bits per heavy atom. The Morgan fingerprint density at radius 3 is 2.36 bits per heavy atom. The maximum absolute atomic E-state index is 5.21. The third kappa shape index (κ3) is 3.56. The highest BCUT2D eigenvalue weighted by Crippen LogP contribution is 2.43. The zero-order valence-electron chi connectivity index (χ0n) is 21.5. The number of allylic oxidation sites excluding steroid dienone is 4. The number of hydrogen-bond donors (Lipinski definition) is 0. The molecular weight excluding hydrogens is 494 g/mol. The van der Waals surface area contributed by atoms with Gasteiger partial charge < -0.3 is 0 Å². The normalized spacial score (nSPS) is 15.5. The summed E-state index contributed by atoms with van der Waals surface area (Å²) in [5, 5.41) is 5.11. The lowest BCUT2D eigenvalue weighted by Crippen LogP contribution is -2.06. The summed E-state index contributed by atoms with van der Waals surface area (Å²) in [4.78, 5) is 10.4. The number of fused-ring (bicyclic) bond motifs is 7. The lowest BCUT2D eigenvalue weighted by atomic mass is 9.96. The van der Waals surface area contributed by atoms with Crippen molar-refractivity contribution in [3.63, 3.8) is 0 Å². The molecule has 7 aromatic rings. The van der Waals surface area contributed by atoms with Crippen LogP contribution in [0, 0.1) is 5.92 Å². The third-order valence-corrected chi connectivity index (χ3v) is 8.98. The van der Waals surface area contributed by atoms with Gasteiger partial charge >= 0.3 is 0 Å². The van der Waals surface area contributed by atoms with E-state index in [9.17, 15) is 0 Å². The average Bonchev–Trinajstić information content (AvgIpc) is 3.53. The lowest BCUT2D eigenvalue weighted by Gasteiger charge is -2.15. The number of para-hydroxylation sites is 1. The van der Waals surface area contributed by atoms with Gasteiger partial charge in [-0.05, 0) is 42.2 Å². The molecule has 1 atom stereocenters. The molecule has 0 fully saturated rings. The van der Waals surface area contributed by atoms with Gasteiger partial charge in [0.15, 0.2) is 0 Å². The quantitative estimate of drug-likeness (QED) is 0.233. The predicted molar refractivity (Wildman–Crippen MR) is 166 cm³/mol. The van der Waals surface area contributed by atoms with Crippen LogP contribution in [0.25, 0.3) is 64.8 Å². The van der Waals surface area contributed by atoms with Crippen LogP contribution in [0.2, 0.25) is 0 Å². The van der Waals surface area contributed by atoms with Crippen molar-refractivity contribution in [2.45, 2.75) is 13.3 Å². The Hall–Kier alpha value is -4.54. The van der Waals surface area contributed by atoms with Gasteiger partial charge in [0, 0.05) is 36.5 Å². The van der Waals surface area contributed by atoms with E-state index in [1.807, 2.05) is 17.4 Å². The van der Waals surface area contributed by atoms with Gasteiger partial charge in [0.05, 0.1) is 22.4 Å². The number of thiophene rings is 1. The molecule has 4 heteroatoms. The largest absolute Gasteiger partial charge is 0.278 e. The molecule has 0 saturated carbocycles. The molecule has 1 unspecified atom stereocenters. The molecule has 1 aliphatic carbocycles. The molecule has 0 radical (unpaired) electrons. The summed E-state index contributed by atoms with van der Waals surface area (Å²) in [7, 11) is 0. The summed E-state index contributed by atoms with van der Waals surface area (Å²) in [6.45, 7) is 2.25. The summed E-state index contributed by atoms with van der Waals surface area (Å²) in [6.07, 6.45) is 7.81. The van der Waals surface area contributed by atoms with E-state index in [1.54, 1.807) is 0 Å². The maximum atomic E-state index is 5.21. The van der Waals surface area contributed by atoms with Crippen LogP contribution in [0.15, 0.2) is 115 Å². The maximum Gasteiger partial charge on any atom is 0.235 e. The van der Waals surface area contributed by atoms with Gasteiger partial charge in [0.25, 0.3) is 0 Å². The first-order valence-corrected chi connectivity index (χ1v) is 14.2. The van der Waals surface area contributed by atoms with Crippen molar-refractivity contribution < 1.29 is 0 Å². The Balaban J connectivity index is 1.46. The molecule has 3 nitrogen and oxygen atoms in total. The fourth-order valence-electron chi connectivity index (χ4n) is 5.81. The van der Waals surface area contributed by atoms with E-state index in [0.717, 1.165) is 40.0 Å². The SMILES string of the molecule is CC1C=CC(c2cc(-c3ccccc3)nc(-n3c4ccccc4c4c5sc6ccccc6c5ccc43)n2)=CC1. The van der Waals surface area contributed by atoms with Crippen molar-refractivity contribution in [1.82, 2.24) is 14.5 Å². The van der Waals surface area contributed by atoms with E-state index in [-0.39, 0.29) is 0 Å². The highest BCUT2D eigenvalue weighted by molar-refractivity contribution is 7.26. The highest BCUT2D eigenvalue weighted by Gasteiger charge is 2.20. The van der Waals surface area contributed by atoms with E-state index in [1.165, 1.54) is 30.9 Å². The molecule has 0 bridgehead atoms. The third-order valence-electron chi connectivity index (χ3n) is 7.77. The summed E-state index contributed by atoms with van der Waals surface area (Å²) < 4.78 is 4.88. The van der Waals surface area contributed by atoms with Crippen LogP contribution in [0.1, 0.15) is 19.0 Å². The fourth-order valence-corrected chi connectivity index (χ4v) is 7.07. The van der Waals surface area contributed by atoms with Crippen LogP contribution < -0.4 is 0 Å². The molecule has 0 aliphatic heterocycles. The zero-order chi connectivity index (χ0) is 25.9. The smallest absolute Gasteiger partial charge is 0.235 e. The van der Waals surface area contributed by atoms with E-state index in [0.29, 0.717) is 11.9 Å². The number of benzene rings is 4. The topological polar surface area (TPSA) is 30.7 Å². The number of rotatable bonds is 3. The molecule has 3 heterocycles. The fraction of sp³-hybridized carbons (Fsp3) is 0.0857. The van der Waals surface area contributed by atoms with Crippen molar-refractivity contribution in [1.29, 1.82) is 0 Å². The van der Waals surface area contributed by atoms with E-state index in [2.05, 4.69) is 121 Å². The zero-order valence-corrected chi connectivity index (χ0v) is 22.3. The van der Waals surface area contributed by atoms with Crippen LogP contribution >= 0.6 is 11.3 Å². The van der Waals surface area contributed by atoms with Gasteiger partial charge in [-0.3, -0.25) is 4.57 Å². The van der Waals surface area contributed by atoms with Crippen molar-refractivity contribution >= 4 is 58.9 Å². The Bertz CT molecular complexity index is 2110. The minimum Gasteiger partial charge on any atom is -0.278 e. The number of nitrogens with zero attached hydrogens (tertiary/aromatic N) is 3. The molecule has 0 saturated heterocycles. The monoisotopic (exact) mass is 519 g/mol. The second-order valence-electron chi connectivity index (χ2n) is 10.3. The van der Waals surface area contributed by atoms with Crippen LogP contribution in [-0.4, -0.2) is 14.5 Å². The van der Waals surface area contributed by atoms with Crippen LogP contribution in [0.5, 0.6) is 0 Å². The first kappa shape index (κ1) is 22.4. The first-order chi connectivity index (χ1) is 19.2. The van der Waals surface area contributed by atoms with Crippen LogP contribution in [0.4, 0.5) is 0 Å². The summed E-state index contributed by atoms with van der Waals surface area (Å²) >= 11 is 1.87. The Morgan fingerprint density at radius 2 is 1.51 bits per heavy atom. The molecule has 1 aliphatic rings. The Kier molecular flexibility index (Phi) is 5.04. The van der Waals surface area contributed by atoms with E-state index in [4.69, 9.17) is 9.97 Å². The average molecular weight is 520 g/mol. The molecule has 186 valence electrons. The minimum absolute atomic E-state index is 0.546. The predicted octanol–water partition coefficient (Wildman–Crippen LogP) is 9.59. The molecule has 8 rings (SSSR count). The van der Waals surface area contributed by atoms with Crippen molar-refractivity contribution in [2.24, 2.45) is 5.92 Å². The first-order valence-electron chi connectivity index (χ1n) is 13.4. The van der Waals surface area contributed by atoms with Crippen molar-refractivity contribution in [2.75, 3.05) is 0 Å². The van der Waals surface area contributed by atoms with Crippen molar-refractivity contribution in [3.8, 4) is 17.2 Å². The van der Waals surface area contributed by atoms with Gasteiger partial charge in [0.2, 0.25) is 5.95 Å². The van der Waals surface area contributed by atoms with Gasteiger partial charge in [-0.1, -0.05) is 97.9 Å². The molecule has 0 spiro atoms. The van der Waals surface area contributed by atoms with Crippen molar-refractivity contribution in [3.05, 3.63) is 121 Å². The molecule has 0 N–H and O–H groups in total. The second-order valence-corrected chi connectivity index (χ2v) is 11.4. The molecule has 39 heavy (non-hydrogen) atoms. The van der Waals surface area contributed by atoms with E-state index >= 15 is 0 Å². The highest BCUT2D eigenvalue weighted by atomic mass is 32.1. The van der Waals surface area contributed by atoms with Crippen LogP contribution in [-0.2, 0) is 0 Å². The minimum atomic E-state index is 0.546. The molecule has 0 amide bonds.